The summed E-state index contributed by atoms with van der Waals surface area (Å²) in [5, 5.41) is 6.35. The summed E-state index contributed by atoms with van der Waals surface area (Å²) in [4.78, 5) is 6.47. The second-order valence-corrected chi connectivity index (χ2v) is 7.67. The highest BCUT2D eigenvalue weighted by atomic mass is 32.2. The second kappa shape index (κ2) is 8.66. The molecule has 0 amide bonds. The van der Waals surface area contributed by atoms with Crippen LogP contribution in [0, 0.1) is 0 Å². The Labute approximate surface area is 132 Å². The average Bonchev–Trinajstić information content (AvgIpc) is 2.51. The molecular formula is C13H26N4O4S. The first kappa shape index (κ1) is 17.5. The molecule has 0 radical (unpaired) electrons. The molecule has 0 bridgehead atoms. The lowest BCUT2D eigenvalue weighted by Gasteiger charge is -2.27. The maximum Gasteiger partial charge on any atom is 0.191 e. The van der Waals surface area contributed by atoms with Gasteiger partial charge in [0.15, 0.2) is 15.8 Å². The molecule has 0 aliphatic carbocycles. The van der Waals surface area contributed by atoms with Crippen molar-refractivity contribution in [3.05, 3.63) is 0 Å². The lowest BCUT2D eigenvalue weighted by molar-refractivity contribution is 0.0389. The summed E-state index contributed by atoms with van der Waals surface area (Å²) >= 11 is 0. The molecule has 9 heteroatoms. The van der Waals surface area contributed by atoms with E-state index in [0.717, 1.165) is 39.4 Å². The minimum absolute atomic E-state index is 0.0742. The first-order valence-electron chi connectivity index (χ1n) is 7.66. The van der Waals surface area contributed by atoms with Crippen LogP contribution in [0.1, 0.15) is 0 Å². The van der Waals surface area contributed by atoms with Crippen LogP contribution >= 0.6 is 0 Å². The molecule has 2 rings (SSSR count). The number of nitrogens with zero attached hydrogens (tertiary/aromatic N) is 2. The van der Waals surface area contributed by atoms with Crippen molar-refractivity contribution in [2.45, 2.75) is 6.10 Å². The maximum absolute atomic E-state index is 11.6. The van der Waals surface area contributed by atoms with Crippen molar-refractivity contribution < 1.29 is 17.9 Å². The lowest BCUT2D eigenvalue weighted by atomic mass is 10.4. The number of ether oxygens (including phenoxy) is 2. The molecule has 0 spiro atoms. The fourth-order valence-corrected chi connectivity index (χ4v) is 3.76. The van der Waals surface area contributed by atoms with E-state index in [1.54, 1.807) is 7.05 Å². The highest BCUT2D eigenvalue weighted by Gasteiger charge is 2.25. The number of guanidine groups is 1. The second-order valence-electron chi connectivity index (χ2n) is 5.44. The highest BCUT2D eigenvalue weighted by molar-refractivity contribution is 7.91. The van der Waals surface area contributed by atoms with E-state index in [1.165, 1.54) is 0 Å². The first-order valence-corrected chi connectivity index (χ1v) is 9.48. The van der Waals surface area contributed by atoms with Crippen molar-refractivity contribution in [1.82, 2.24) is 15.5 Å². The van der Waals surface area contributed by atoms with Crippen molar-refractivity contribution in [2.24, 2.45) is 4.99 Å². The monoisotopic (exact) mass is 334 g/mol. The number of sulfone groups is 1. The Bertz CT molecular complexity index is 463. The Morgan fingerprint density at radius 2 is 2.05 bits per heavy atom. The number of hydrogen-bond acceptors (Lipinski definition) is 6. The molecular weight excluding hydrogens is 308 g/mol. The quantitative estimate of drug-likeness (QED) is 0.457. The van der Waals surface area contributed by atoms with Crippen LogP contribution in [0.25, 0.3) is 0 Å². The molecule has 0 aromatic carbocycles. The minimum atomic E-state index is -2.96. The number of nitrogens with one attached hydrogen (secondary N) is 2. The van der Waals surface area contributed by atoms with E-state index in [-0.39, 0.29) is 24.2 Å². The van der Waals surface area contributed by atoms with Gasteiger partial charge in [-0.05, 0) is 0 Å². The highest BCUT2D eigenvalue weighted by Crippen LogP contribution is 2.06. The lowest BCUT2D eigenvalue weighted by Crippen LogP contribution is -2.48. The van der Waals surface area contributed by atoms with Gasteiger partial charge in [0.1, 0.15) is 0 Å². The summed E-state index contributed by atoms with van der Waals surface area (Å²) in [6.45, 7) is 5.93. The molecule has 2 N–H and O–H groups in total. The van der Waals surface area contributed by atoms with Crippen molar-refractivity contribution in [1.29, 1.82) is 0 Å². The van der Waals surface area contributed by atoms with Crippen LogP contribution in [0.2, 0.25) is 0 Å². The first-order chi connectivity index (χ1) is 10.6. The van der Waals surface area contributed by atoms with Gasteiger partial charge in [-0.3, -0.25) is 9.89 Å². The zero-order chi connectivity index (χ0) is 15.8. The number of hydrogen-bond donors (Lipinski definition) is 2. The Hall–Kier alpha value is -0.900. The number of rotatable bonds is 5. The molecule has 2 heterocycles. The topological polar surface area (TPSA) is 92.3 Å². The third kappa shape index (κ3) is 6.07. The summed E-state index contributed by atoms with van der Waals surface area (Å²) in [5.74, 6) is 0.862. The summed E-state index contributed by atoms with van der Waals surface area (Å²) in [5.41, 5.74) is 0. The largest absolute Gasteiger partial charge is 0.379 e. The van der Waals surface area contributed by atoms with Gasteiger partial charge in [0.25, 0.3) is 0 Å². The van der Waals surface area contributed by atoms with E-state index in [2.05, 4.69) is 20.5 Å². The van der Waals surface area contributed by atoms with Gasteiger partial charge >= 0.3 is 0 Å². The summed E-state index contributed by atoms with van der Waals surface area (Å²) < 4.78 is 33.9. The molecule has 0 saturated carbocycles. The predicted octanol–water partition coefficient (Wildman–Crippen LogP) is -1.70. The standard InChI is InChI=1S/C13H26N4O4S/c1-14-13(15-2-3-17-4-6-20-7-5-17)16-10-12-11-22(18,19)9-8-21-12/h12H,2-11H2,1H3,(H2,14,15,16). The summed E-state index contributed by atoms with van der Waals surface area (Å²) in [6.07, 6.45) is -0.309. The van der Waals surface area contributed by atoms with Gasteiger partial charge in [0.2, 0.25) is 0 Å². The van der Waals surface area contributed by atoms with Crippen molar-refractivity contribution in [3.63, 3.8) is 0 Å². The van der Waals surface area contributed by atoms with Gasteiger partial charge in [0.05, 0.1) is 37.4 Å². The fourth-order valence-electron chi connectivity index (χ4n) is 2.46. The fraction of sp³-hybridized carbons (Fsp3) is 0.923. The van der Waals surface area contributed by atoms with E-state index in [4.69, 9.17) is 9.47 Å². The summed E-state index contributed by atoms with van der Waals surface area (Å²) in [6, 6.07) is 0. The summed E-state index contributed by atoms with van der Waals surface area (Å²) in [7, 11) is -1.26. The van der Waals surface area contributed by atoms with Gasteiger partial charge in [0, 0.05) is 39.8 Å². The zero-order valence-electron chi connectivity index (χ0n) is 13.1. The molecule has 2 saturated heterocycles. The molecule has 22 heavy (non-hydrogen) atoms. The molecule has 2 aliphatic heterocycles. The molecule has 2 fully saturated rings. The Balaban J connectivity index is 1.64. The number of aliphatic imine (C=N–C) groups is 1. The van der Waals surface area contributed by atoms with Crippen LogP contribution in [-0.2, 0) is 19.3 Å². The SMILES string of the molecule is CN=C(NCCN1CCOCC1)NCC1CS(=O)(=O)CCO1. The van der Waals surface area contributed by atoms with Crippen molar-refractivity contribution in [3.8, 4) is 0 Å². The van der Waals surface area contributed by atoms with Crippen molar-refractivity contribution in [2.75, 3.05) is 71.1 Å². The smallest absolute Gasteiger partial charge is 0.191 e. The predicted molar refractivity (Wildman–Crippen MR) is 85.0 cm³/mol. The van der Waals surface area contributed by atoms with Gasteiger partial charge in [-0.25, -0.2) is 8.42 Å². The van der Waals surface area contributed by atoms with Gasteiger partial charge in [-0.1, -0.05) is 0 Å². The molecule has 2 aliphatic rings. The molecule has 0 aromatic rings. The number of morpholine rings is 1. The molecule has 0 aromatic heterocycles. The van der Waals surface area contributed by atoms with E-state index in [9.17, 15) is 8.42 Å². The van der Waals surface area contributed by atoms with Gasteiger partial charge in [-0.2, -0.15) is 0 Å². The van der Waals surface area contributed by atoms with Crippen LogP contribution in [0.5, 0.6) is 0 Å². The Morgan fingerprint density at radius 1 is 1.27 bits per heavy atom. The molecule has 1 unspecified atom stereocenters. The van der Waals surface area contributed by atoms with Gasteiger partial charge in [-0.15, -0.1) is 0 Å². The molecule has 1 atom stereocenters. The van der Waals surface area contributed by atoms with Crippen LogP contribution in [0.4, 0.5) is 0 Å². The third-order valence-corrected chi connectivity index (χ3v) is 5.40. The van der Waals surface area contributed by atoms with E-state index in [1.807, 2.05) is 0 Å². The molecule has 128 valence electrons. The van der Waals surface area contributed by atoms with Crippen molar-refractivity contribution >= 4 is 15.8 Å². The minimum Gasteiger partial charge on any atom is -0.379 e. The van der Waals surface area contributed by atoms with Crippen LogP contribution in [-0.4, -0.2) is 96.5 Å². The normalized spacial score (nSPS) is 26.6. The zero-order valence-corrected chi connectivity index (χ0v) is 13.9. The van der Waals surface area contributed by atoms with Crippen LogP contribution in [0.15, 0.2) is 4.99 Å². The maximum atomic E-state index is 11.6. The Kier molecular flexibility index (Phi) is 6.87. The Morgan fingerprint density at radius 3 is 2.73 bits per heavy atom. The van der Waals surface area contributed by atoms with E-state index in [0.29, 0.717) is 12.5 Å². The van der Waals surface area contributed by atoms with E-state index >= 15 is 0 Å². The van der Waals surface area contributed by atoms with Gasteiger partial charge < -0.3 is 20.1 Å². The third-order valence-electron chi connectivity index (χ3n) is 3.73. The average molecular weight is 334 g/mol. The van der Waals surface area contributed by atoms with Crippen LogP contribution in [0.3, 0.4) is 0 Å². The van der Waals surface area contributed by atoms with E-state index < -0.39 is 9.84 Å². The molecule has 8 nitrogen and oxygen atoms in total. The van der Waals surface area contributed by atoms with Crippen LogP contribution < -0.4 is 10.6 Å².